The summed E-state index contributed by atoms with van der Waals surface area (Å²) in [6.07, 6.45) is 0.516. The molecule has 0 heterocycles. The molecule has 29 heavy (non-hydrogen) atoms. The molecule has 3 N–H and O–H groups in total. The van der Waals surface area contributed by atoms with E-state index in [0.717, 1.165) is 16.3 Å². The molecule has 0 fully saturated rings. The highest BCUT2D eigenvalue weighted by atomic mass is 32.2. The number of rotatable bonds is 8. The first-order valence-electron chi connectivity index (χ1n) is 8.98. The van der Waals surface area contributed by atoms with Gasteiger partial charge >= 0.3 is 0 Å². The first kappa shape index (κ1) is 20.3. The van der Waals surface area contributed by atoms with Crippen molar-refractivity contribution in [1.29, 1.82) is 0 Å². The summed E-state index contributed by atoms with van der Waals surface area (Å²) in [5.74, 6) is -0.0762. The molecule has 0 bridgehead atoms. The van der Waals surface area contributed by atoms with Crippen molar-refractivity contribution in [2.75, 3.05) is 6.61 Å². The molecule has 0 saturated carbocycles. The number of sulfonamides is 1. The molecular weight excluding hydrogens is 390 g/mol. The maximum absolute atomic E-state index is 12.6. The third-order valence-corrected chi connectivity index (χ3v) is 5.44. The van der Waals surface area contributed by atoms with E-state index in [4.69, 9.17) is 10.5 Å². The minimum atomic E-state index is -3.80. The Bertz CT molecular complexity index is 1160. The van der Waals surface area contributed by atoms with Crippen LogP contribution in [-0.4, -0.2) is 26.6 Å². The van der Waals surface area contributed by atoms with Crippen molar-refractivity contribution in [3.05, 3.63) is 72.3 Å². The minimum Gasteiger partial charge on any atom is -0.484 e. The Kier molecular flexibility index (Phi) is 6.13. The second-order valence-electron chi connectivity index (χ2n) is 6.30. The van der Waals surface area contributed by atoms with Gasteiger partial charge in [0.2, 0.25) is 0 Å². The van der Waals surface area contributed by atoms with Gasteiger partial charge in [-0.05, 0) is 59.2 Å². The van der Waals surface area contributed by atoms with E-state index >= 15 is 0 Å². The highest BCUT2D eigenvalue weighted by Gasteiger charge is 2.14. The van der Waals surface area contributed by atoms with E-state index in [-0.39, 0.29) is 11.5 Å². The number of primary amides is 1. The number of hydrogen-bond donors (Lipinski definition) is 2. The van der Waals surface area contributed by atoms with Crippen LogP contribution in [0.3, 0.4) is 0 Å². The van der Waals surface area contributed by atoms with Gasteiger partial charge in [-0.2, -0.15) is 18.4 Å². The van der Waals surface area contributed by atoms with Gasteiger partial charge in [0, 0.05) is 0 Å². The predicted molar refractivity (Wildman–Crippen MR) is 112 cm³/mol. The molecule has 0 aromatic heterocycles. The van der Waals surface area contributed by atoms with E-state index in [0.29, 0.717) is 17.9 Å². The molecule has 0 saturated heterocycles. The van der Waals surface area contributed by atoms with Crippen molar-refractivity contribution in [1.82, 2.24) is 4.83 Å². The maximum Gasteiger partial charge on any atom is 0.276 e. The summed E-state index contributed by atoms with van der Waals surface area (Å²) in [5.41, 5.74) is 6.35. The molecule has 0 unspecified atom stereocenters. The lowest BCUT2D eigenvalue weighted by molar-refractivity contribution is -0.119. The maximum atomic E-state index is 12.6. The second kappa shape index (κ2) is 8.74. The van der Waals surface area contributed by atoms with Crippen LogP contribution in [0.15, 0.2) is 76.7 Å². The summed E-state index contributed by atoms with van der Waals surface area (Å²) in [7, 11) is -3.80. The molecule has 0 spiro atoms. The number of carbonyl (C=O) groups excluding carboxylic acids is 1. The number of hydrogen-bond acceptors (Lipinski definition) is 5. The highest BCUT2D eigenvalue weighted by Crippen LogP contribution is 2.19. The molecule has 150 valence electrons. The fourth-order valence-corrected chi connectivity index (χ4v) is 3.61. The van der Waals surface area contributed by atoms with Gasteiger partial charge in [-0.25, -0.2) is 0 Å². The zero-order chi connectivity index (χ0) is 20.9. The third-order valence-electron chi connectivity index (χ3n) is 4.24. The fraction of sp³-hybridized carbons (Fsp3) is 0.143. The van der Waals surface area contributed by atoms with Crippen molar-refractivity contribution in [3.8, 4) is 5.75 Å². The Morgan fingerprint density at radius 3 is 2.38 bits per heavy atom. The fourth-order valence-electron chi connectivity index (χ4n) is 2.75. The van der Waals surface area contributed by atoms with Gasteiger partial charge in [0.1, 0.15) is 5.75 Å². The molecule has 1 amide bonds. The zero-order valence-corrected chi connectivity index (χ0v) is 16.6. The van der Waals surface area contributed by atoms with Gasteiger partial charge < -0.3 is 10.5 Å². The monoisotopic (exact) mass is 411 g/mol. The molecule has 3 aromatic carbocycles. The van der Waals surface area contributed by atoms with Crippen molar-refractivity contribution in [2.24, 2.45) is 10.8 Å². The summed E-state index contributed by atoms with van der Waals surface area (Å²) < 4.78 is 30.5. The molecule has 3 aromatic rings. The van der Waals surface area contributed by atoms with Crippen molar-refractivity contribution in [2.45, 2.75) is 18.2 Å². The molecule has 7 nitrogen and oxygen atoms in total. The summed E-state index contributed by atoms with van der Waals surface area (Å²) in [6.45, 7) is 1.67. The van der Waals surface area contributed by atoms with Crippen LogP contribution >= 0.6 is 0 Å². The Morgan fingerprint density at radius 1 is 1.03 bits per heavy atom. The number of benzene rings is 3. The van der Waals surface area contributed by atoms with Gasteiger partial charge in [0.25, 0.3) is 15.9 Å². The second-order valence-corrected chi connectivity index (χ2v) is 7.96. The minimum absolute atomic E-state index is 0.144. The molecule has 0 radical (unpaired) electrons. The number of carbonyl (C=O) groups is 1. The van der Waals surface area contributed by atoms with Crippen LogP contribution in [-0.2, 0) is 14.8 Å². The van der Waals surface area contributed by atoms with Crippen LogP contribution in [0.1, 0.15) is 18.9 Å². The molecule has 0 aliphatic heterocycles. The molecule has 3 rings (SSSR count). The quantitative estimate of drug-likeness (QED) is 0.438. The zero-order valence-electron chi connectivity index (χ0n) is 15.8. The van der Waals surface area contributed by atoms with Gasteiger partial charge in [0.05, 0.1) is 10.6 Å². The van der Waals surface area contributed by atoms with E-state index in [1.807, 2.05) is 31.2 Å². The molecule has 0 aliphatic rings. The summed E-state index contributed by atoms with van der Waals surface area (Å²) in [6, 6.07) is 19.3. The number of fused-ring (bicyclic) bond motifs is 1. The number of hydrazone groups is 1. The van der Waals surface area contributed by atoms with E-state index in [1.54, 1.807) is 42.5 Å². The Balaban J connectivity index is 1.78. The summed E-state index contributed by atoms with van der Waals surface area (Å²) in [5, 5.41) is 5.90. The van der Waals surface area contributed by atoms with Crippen LogP contribution in [0.5, 0.6) is 5.75 Å². The lowest BCUT2D eigenvalue weighted by Crippen LogP contribution is -2.20. The summed E-state index contributed by atoms with van der Waals surface area (Å²) >= 11 is 0. The SMILES string of the molecule is CC/C(=N\NS(=O)(=O)c1ccc2ccccc2c1)c1ccc(OCC(N)=O)cc1. The lowest BCUT2D eigenvalue weighted by atomic mass is 10.1. The van der Waals surface area contributed by atoms with Gasteiger partial charge in [0.15, 0.2) is 6.61 Å². The first-order chi connectivity index (χ1) is 13.9. The van der Waals surface area contributed by atoms with Crippen LogP contribution in [0.25, 0.3) is 10.8 Å². The average Bonchev–Trinajstić information content (AvgIpc) is 2.73. The van der Waals surface area contributed by atoms with E-state index < -0.39 is 15.9 Å². The van der Waals surface area contributed by atoms with Gasteiger partial charge in [-0.3, -0.25) is 4.79 Å². The standard InChI is InChI=1S/C21H21N3O4S/c1-2-20(16-7-10-18(11-8-16)28-14-21(22)25)23-24-29(26,27)19-12-9-15-5-3-4-6-17(15)13-19/h3-13,24H,2,14H2,1H3,(H2,22,25)/b23-20+. The Hall–Kier alpha value is -3.39. The van der Waals surface area contributed by atoms with E-state index in [2.05, 4.69) is 9.93 Å². The normalized spacial score (nSPS) is 12.0. The molecule has 0 aliphatic carbocycles. The smallest absolute Gasteiger partial charge is 0.276 e. The lowest BCUT2D eigenvalue weighted by Gasteiger charge is -2.09. The molecular formula is C21H21N3O4S. The van der Waals surface area contributed by atoms with E-state index in [1.165, 1.54) is 0 Å². The van der Waals surface area contributed by atoms with Crippen molar-refractivity contribution in [3.63, 3.8) is 0 Å². The number of nitrogens with zero attached hydrogens (tertiary/aromatic N) is 1. The molecule has 0 atom stereocenters. The van der Waals surface area contributed by atoms with Crippen LogP contribution < -0.4 is 15.3 Å². The Labute approximate surface area is 169 Å². The number of ether oxygens (including phenoxy) is 1. The highest BCUT2D eigenvalue weighted by molar-refractivity contribution is 7.89. The Morgan fingerprint density at radius 2 is 1.72 bits per heavy atom. The topological polar surface area (TPSA) is 111 Å². The average molecular weight is 411 g/mol. The predicted octanol–water partition coefficient (Wildman–Crippen LogP) is 2.80. The van der Waals surface area contributed by atoms with Crippen LogP contribution in [0.2, 0.25) is 0 Å². The van der Waals surface area contributed by atoms with Crippen molar-refractivity contribution < 1.29 is 17.9 Å². The number of amides is 1. The van der Waals surface area contributed by atoms with Crippen molar-refractivity contribution >= 4 is 32.4 Å². The first-order valence-corrected chi connectivity index (χ1v) is 10.5. The number of nitrogens with two attached hydrogens (primary N) is 1. The largest absolute Gasteiger partial charge is 0.484 e. The van der Waals surface area contributed by atoms with Gasteiger partial charge in [-0.15, -0.1) is 0 Å². The van der Waals surface area contributed by atoms with Crippen LogP contribution in [0, 0.1) is 0 Å². The molecule has 8 heteroatoms. The summed E-state index contributed by atoms with van der Waals surface area (Å²) in [4.78, 5) is 13.2. The van der Waals surface area contributed by atoms with Crippen LogP contribution in [0.4, 0.5) is 0 Å². The van der Waals surface area contributed by atoms with Gasteiger partial charge in [-0.1, -0.05) is 37.3 Å². The number of nitrogens with one attached hydrogen (secondary N) is 1. The third kappa shape index (κ3) is 5.11. The van der Waals surface area contributed by atoms with E-state index in [9.17, 15) is 13.2 Å².